The van der Waals surface area contributed by atoms with E-state index >= 15 is 0 Å². The van der Waals surface area contributed by atoms with Crippen LogP contribution in [0.1, 0.15) is 148 Å². The van der Waals surface area contributed by atoms with Crippen LogP contribution in [-0.4, -0.2) is 81.4 Å². The van der Waals surface area contributed by atoms with Gasteiger partial charge in [-0.2, -0.15) is 0 Å². The summed E-state index contributed by atoms with van der Waals surface area (Å²) >= 11 is 0. The van der Waals surface area contributed by atoms with E-state index in [1.165, 1.54) is 116 Å². The van der Waals surface area contributed by atoms with Crippen LogP contribution >= 0.6 is 0 Å². The summed E-state index contributed by atoms with van der Waals surface area (Å²) in [6.07, 6.45) is 29.3. The Morgan fingerprint density at radius 1 is 0.682 bits per heavy atom. The van der Waals surface area contributed by atoms with Gasteiger partial charge >= 0.3 is 5.97 Å². The molecule has 0 aromatic rings. The van der Waals surface area contributed by atoms with Gasteiger partial charge in [-0.1, -0.05) is 122 Å². The van der Waals surface area contributed by atoms with Gasteiger partial charge in [0.2, 0.25) is 0 Å². The number of hydrogen-bond acceptors (Lipinski definition) is 7. The molecule has 44 heavy (non-hydrogen) atoms. The quantitative estimate of drug-likeness (QED) is 0.0279. The van der Waals surface area contributed by atoms with Gasteiger partial charge in [-0.3, -0.25) is 4.79 Å². The minimum Gasteiger partial charge on any atom is -0.545 e. The number of carboxylic acids is 1. The van der Waals surface area contributed by atoms with Gasteiger partial charge in [0.15, 0.2) is 6.29 Å². The number of likely N-dealkylation sites (N-methyl/N-ethyl adjacent to an activating group) is 1. The molecule has 8 heteroatoms. The number of carbonyl (C=O) groups is 2. The van der Waals surface area contributed by atoms with E-state index in [1.807, 2.05) is 21.1 Å². The summed E-state index contributed by atoms with van der Waals surface area (Å²) in [5.74, 6) is -1.87. The number of hydrogen-bond donors (Lipinski definition) is 1. The van der Waals surface area contributed by atoms with Crippen molar-refractivity contribution in [2.75, 3.05) is 47.5 Å². The zero-order valence-corrected chi connectivity index (χ0v) is 29.0. The number of aliphatic carboxylic acids is 1. The van der Waals surface area contributed by atoms with Crippen LogP contribution in [0, 0.1) is 0 Å². The standard InChI is InChI=1S/C36H69NO7/c1-5-6-7-8-9-10-11-12-13-14-15-16-17-18-19-20-21-22-23-24-25-26-27-28-34(39)43-31-33(38)32-44-36(35(40)41)42-30-29-37(2,3)4/h14-15,33,36,38H,5-13,16-32H2,1-4H3/b15-14-. The first kappa shape index (κ1) is 42.5. The van der Waals surface area contributed by atoms with E-state index in [2.05, 4.69) is 19.1 Å². The van der Waals surface area contributed by atoms with Crippen LogP contribution in [0.15, 0.2) is 12.2 Å². The summed E-state index contributed by atoms with van der Waals surface area (Å²) in [4.78, 5) is 23.1. The van der Waals surface area contributed by atoms with Crippen LogP contribution in [0.25, 0.3) is 0 Å². The lowest BCUT2D eigenvalue weighted by atomic mass is 10.0. The Labute approximate surface area is 270 Å². The smallest absolute Gasteiger partial charge is 0.305 e. The second-order valence-corrected chi connectivity index (χ2v) is 13.4. The number of carboxylic acid groups (broad SMARTS) is 1. The minimum absolute atomic E-state index is 0.172. The molecule has 0 bridgehead atoms. The molecule has 8 nitrogen and oxygen atoms in total. The topological polar surface area (TPSA) is 105 Å². The van der Waals surface area contributed by atoms with E-state index in [1.54, 1.807) is 0 Å². The van der Waals surface area contributed by atoms with Crippen molar-refractivity contribution in [3.8, 4) is 0 Å². The van der Waals surface area contributed by atoms with Crippen molar-refractivity contribution < 1.29 is 38.5 Å². The number of quaternary nitrogens is 1. The summed E-state index contributed by atoms with van der Waals surface area (Å²) in [6, 6.07) is 0. The highest BCUT2D eigenvalue weighted by Crippen LogP contribution is 2.14. The Kier molecular flexibility index (Phi) is 29.2. The molecule has 260 valence electrons. The Bertz CT molecular complexity index is 692. The van der Waals surface area contributed by atoms with E-state index in [-0.39, 0.29) is 25.8 Å². The summed E-state index contributed by atoms with van der Waals surface area (Å²) in [5, 5.41) is 21.1. The van der Waals surface area contributed by atoms with E-state index in [9.17, 15) is 19.8 Å². The van der Waals surface area contributed by atoms with Gasteiger partial charge in [0, 0.05) is 6.42 Å². The first-order chi connectivity index (χ1) is 21.2. The molecular weight excluding hydrogens is 558 g/mol. The monoisotopic (exact) mass is 628 g/mol. The van der Waals surface area contributed by atoms with Crippen molar-refractivity contribution in [1.29, 1.82) is 0 Å². The maximum Gasteiger partial charge on any atom is 0.305 e. The third-order valence-corrected chi connectivity index (χ3v) is 7.74. The van der Waals surface area contributed by atoms with E-state index < -0.39 is 18.4 Å². The number of rotatable bonds is 33. The number of nitrogens with zero attached hydrogens (tertiary/aromatic N) is 1. The molecule has 2 unspecified atom stereocenters. The van der Waals surface area contributed by atoms with Crippen molar-refractivity contribution >= 4 is 11.9 Å². The molecule has 0 saturated heterocycles. The molecule has 1 N–H and O–H groups in total. The fourth-order valence-electron chi connectivity index (χ4n) is 4.88. The second-order valence-electron chi connectivity index (χ2n) is 13.4. The zero-order chi connectivity index (χ0) is 32.7. The fraction of sp³-hybridized carbons (Fsp3) is 0.889. The van der Waals surface area contributed by atoms with E-state index in [4.69, 9.17) is 14.2 Å². The Morgan fingerprint density at radius 3 is 1.59 bits per heavy atom. The van der Waals surface area contributed by atoms with Gasteiger partial charge in [0.1, 0.15) is 19.3 Å². The lowest BCUT2D eigenvalue weighted by Gasteiger charge is -2.26. The maximum atomic E-state index is 11.9. The molecule has 2 atom stereocenters. The van der Waals surface area contributed by atoms with Crippen LogP contribution in [0.4, 0.5) is 0 Å². The molecule has 0 saturated carbocycles. The number of esters is 1. The van der Waals surface area contributed by atoms with Crippen molar-refractivity contribution in [2.45, 2.75) is 161 Å². The second kappa shape index (κ2) is 30.2. The number of aliphatic hydroxyl groups is 1. The molecule has 0 aliphatic rings. The number of ether oxygens (including phenoxy) is 3. The average molecular weight is 628 g/mol. The van der Waals surface area contributed by atoms with Gasteiger partial charge in [-0.25, -0.2) is 0 Å². The highest BCUT2D eigenvalue weighted by molar-refractivity contribution is 5.69. The van der Waals surface area contributed by atoms with Crippen molar-refractivity contribution in [2.24, 2.45) is 0 Å². The van der Waals surface area contributed by atoms with Crippen LogP contribution in [0.3, 0.4) is 0 Å². The number of aliphatic hydroxyl groups excluding tert-OH is 1. The molecule has 0 aliphatic carbocycles. The first-order valence-corrected chi connectivity index (χ1v) is 17.9. The summed E-state index contributed by atoms with van der Waals surface area (Å²) in [5.41, 5.74) is 0. The zero-order valence-electron chi connectivity index (χ0n) is 29.0. The SMILES string of the molecule is CCCCCCCCCC/C=C\CCCCCCCCCCCCCC(=O)OCC(O)COC(OCC[N+](C)(C)C)C(=O)[O-]. The van der Waals surface area contributed by atoms with E-state index in [0.717, 1.165) is 19.3 Å². The maximum absolute atomic E-state index is 11.9. The van der Waals surface area contributed by atoms with Crippen LogP contribution in [-0.2, 0) is 23.8 Å². The molecule has 0 amide bonds. The number of carbonyl (C=O) groups excluding carboxylic acids is 2. The number of allylic oxidation sites excluding steroid dienone is 2. The van der Waals surface area contributed by atoms with E-state index in [0.29, 0.717) is 17.4 Å². The van der Waals surface area contributed by atoms with Crippen molar-refractivity contribution in [3.05, 3.63) is 12.2 Å². The van der Waals surface area contributed by atoms with Gasteiger partial charge in [-0.05, 0) is 32.1 Å². The summed E-state index contributed by atoms with van der Waals surface area (Å²) in [7, 11) is 5.87. The molecule has 0 aromatic carbocycles. The molecule has 0 aromatic heterocycles. The predicted octanol–water partition coefficient (Wildman–Crippen LogP) is 6.86. The molecule has 0 rings (SSSR count). The van der Waals surface area contributed by atoms with Gasteiger partial charge in [0.05, 0.1) is 40.3 Å². The lowest BCUT2D eigenvalue weighted by Crippen LogP contribution is -2.44. The normalized spacial score (nSPS) is 13.4. The Hall–Kier alpha value is -1.48. The molecule has 0 fully saturated rings. The van der Waals surface area contributed by atoms with Crippen LogP contribution in [0.5, 0.6) is 0 Å². The molecule has 0 heterocycles. The van der Waals surface area contributed by atoms with Gasteiger partial charge < -0.3 is 33.7 Å². The van der Waals surface area contributed by atoms with Crippen LogP contribution in [0.2, 0.25) is 0 Å². The van der Waals surface area contributed by atoms with Gasteiger partial charge in [-0.15, -0.1) is 0 Å². The Balaban J connectivity index is 3.49. The lowest BCUT2D eigenvalue weighted by molar-refractivity contribution is -0.870. The fourth-order valence-corrected chi connectivity index (χ4v) is 4.88. The van der Waals surface area contributed by atoms with Crippen molar-refractivity contribution in [3.63, 3.8) is 0 Å². The van der Waals surface area contributed by atoms with Crippen molar-refractivity contribution in [1.82, 2.24) is 0 Å². The summed E-state index contributed by atoms with van der Waals surface area (Å²) in [6.45, 7) is 2.47. The average Bonchev–Trinajstić information content (AvgIpc) is 2.97. The molecule has 0 aliphatic heterocycles. The Morgan fingerprint density at radius 2 is 1.14 bits per heavy atom. The minimum atomic E-state index is -1.57. The summed E-state index contributed by atoms with van der Waals surface area (Å²) < 4.78 is 16.0. The highest BCUT2D eigenvalue weighted by atomic mass is 16.7. The third-order valence-electron chi connectivity index (χ3n) is 7.74. The third kappa shape index (κ3) is 31.9. The molecule has 0 radical (unpaired) electrons. The molecule has 0 spiro atoms. The predicted molar refractivity (Wildman–Crippen MR) is 177 cm³/mol. The van der Waals surface area contributed by atoms with Gasteiger partial charge in [0.25, 0.3) is 0 Å². The first-order valence-electron chi connectivity index (χ1n) is 17.9. The number of unbranched alkanes of at least 4 members (excludes halogenated alkanes) is 19. The molecular formula is C36H69NO7. The largest absolute Gasteiger partial charge is 0.545 e. The highest BCUT2D eigenvalue weighted by Gasteiger charge is 2.17. The van der Waals surface area contributed by atoms with Crippen LogP contribution < -0.4 is 5.11 Å².